The van der Waals surface area contributed by atoms with Crippen LogP contribution in [0.15, 0.2) is 36.7 Å². The van der Waals surface area contributed by atoms with Crippen molar-refractivity contribution in [3.63, 3.8) is 0 Å². The van der Waals surface area contributed by atoms with Gasteiger partial charge >= 0.3 is 0 Å². The summed E-state index contributed by atoms with van der Waals surface area (Å²) in [6.07, 6.45) is 3.81. The molecule has 2 aromatic heterocycles. The van der Waals surface area contributed by atoms with Crippen molar-refractivity contribution in [2.24, 2.45) is 0 Å². The number of aromatic amines is 1. The zero-order valence-corrected chi connectivity index (χ0v) is 16.0. The van der Waals surface area contributed by atoms with Gasteiger partial charge in [-0.15, -0.1) is 24.8 Å². The first kappa shape index (κ1) is 19.5. The summed E-state index contributed by atoms with van der Waals surface area (Å²) in [6.45, 7) is 6.38. The number of halogens is 2. The summed E-state index contributed by atoms with van der Waals surface area (Å²) in [6, 6.07) is 8.62. The second-order valence-corrected chi connectivity index (χ2v) is 6.26. The van der Waals surface area contributed by atoms with Crippen LogP contribution in [0.5, 0.6) is 0 Å². The zero-order valence-electron chi connectivity index (χ0n) is 14.4. The Kier molecular flexibility index (Phi) is 6.27. The van der Waals surface area contributed by atoms with Crippen LogP contribution in [0.2, 0.25) is 0 Å². The van der Waals surface area contributed by atoms with E-state index in [0.717, 1.165) is 43.0 Å². The normalized spacial score (nSPS) is 14.9. The predicted octanol–water partition coefficient (Wildman–Crippen LogP) is 3.53. The van der Waals surface area contributed by atoms with Crippen molar-refractivity contribution >= 4 is 41.4 Å². The standard InChI is InChI=1S/C18H21N5.2ClH/c1-13-16(12-20-21-13)14-3-4-17-15(11-14)18(5-6-19-17)23-9-7-22(2)8-10-23;;/h3-6,11-12H,7-10H2,1-2H3,(H,20,21);2*1H. The van der Waals surface area contributed by atoms with E-state index in [1.807, 2.05) is 12.4 Å². The van der Waals surface area contributed by atoms with Gasteiger partial charge in [-0.1, -0.05) is 6.07 Å². The molecule has 3 heterocycles. The molecule has 1 aliphatic rings. The maximum atomic E-state index is 4.54. The van der Waals surface area contributed by atoms with Crippen LogP contribution in [-0.2, 0) is 0 Å². The average Bonchev–Trinajstić information content (AvgIpc) is 3.01. The van der Waals surface area contributed by atoms with Crippen LogP contribution < -0.4 is 4.90 Å². The molecule has 25 heavy (non-hydrogen) atoms. The van der Waals surface area contributed by atoms with Gasteiger partial charge in [0.25, 0.3) is 0 Å². The third kappa shape index (κ3) is 3.73. The Morgan fingerprint density at radius 1 is 1.04 bits per heavy atom. The number of benzene rings is 1. The van der Waals surface area contributed by atoms with Crippen LogP contribution in [0.1, 0.15) is 5.69 Å². The van der Waals surface area contributed by atoms with E-state index in [-0.39, 0.29) is 24.8 Å². The molecule has 1 aromatic carbocycles. The third-order valence-corrected chi connectivity index (χ3v) is 4.70. The Bertz CT molecular complexity index is 840. The van der Waals surface area contributed by atoms with Gasteiger partial charge in [0.1, 0.15) is 0 Å². The lowest BCUT2D eigenvalue weighted by molar-refractivity contribution is 0.313. The maximum Gasteiger partial charge on any atom is 0.0723 e. The monoisotopic (exact) mass is 379 g/mol. The third-order valence-electron chi connectivity index (χ3n) is 4.70. The number of pyridine rings is 1. The number of likely N-dealkylation sites (N-methyl/N-ethyl adjacent to an activating group) is 1. The Morgan fingerprint density at radius 2 is 1.80 bits per heavy atom. The van der Waals surface area contributed by atoms with Crippen LogP contribution in [0, 0.1) is 6.92 Å². The highest BCUT2D eigenvalue weighted by atomic mass is 35.5. The summed E-state index contributed by atoms with van der Waals surface area (Å²) in [5, 5.41) is 8.38. The summed E-state index contributed by atoms with van der Waals surface area (Å²) in [7, 11) is 2.18. The van der Waals surface area contributed by atoms with Crippen molar-refractivity contribution in [1.29, 1.82) is 0 Å². The molecule has 0 unspecified atom stereocenters. The van der Waals surface area contributed by atoms with Crippen LogP contribution >= 0.6 is 24.8 Å². The molecule has 0 aliphatic carbocycles. The molecule has 1 fully saturated rings. The molecule has 0 spiro atoms. The van der Waals surface area contributed by atoms with Crippen molar-refractivity contribution in [3.05, 3.63) is 42.4 Å². The van der Waals surface area contributed by atoms with Crippen molar-refractivity contribution < 1.29 is 0 Å². The highest BCUT2D eigenvalue weighted by Crippen LogP contribution is 2.31. The topological polar surface area (TPSA) is 48.1 Å². The summed E-state index contributed by atoms with van der Waals surface area (Å²) >= 11 is 0. The van der Waals surface area contributed by atoms with Crippen molar-refractivity contribution in [2.75, 3.05) is 38.1 Å². The fourth-order valence-electron chi connectivity index (χ4n) is 3.26. The molecule has 1 aliphatic heterocycles. The molecule has 0 amide bonds. The number of aryl methyl sites for hydroxylation is 1. The number of nitrogens with zero attached hydrogens (tertiary/aromatic N) is 4. The molecule has 0 saturated carbocycles. The van der Waals surface area contributed by atoms with E-state index in [9.17, 15) is 0 Å². The molecule has 0 atom stereocenters. The quantitative estimate of drug-likeness (QED) is 0.739. The molecule has 1 saturated heterocycles. The lowest BCUT2D eigenvalue weighted by Crippen LogP contribution is -2.44. The number of fused-ring (bicyclic) bond motifs is 1. The molecule has 4 rings (SSSR count). The minimum atomic E-state index is 0. The second kappa shape index (κ2) is 8.04. The van der Waals surface area contributed by atoms with Crippen LogP contribution in [0.25, 0.3) is 22.0 Å². The van der Waals surface area contributed by atoms with E-state index in [1.54, 1.807) is 0 Å². The number of piperazine rings is 1. The van der Waals surface area contributed by atoms with Gasteiger partial charge in [0, 0.05) is 54.7 Å². The van der Waals surface area contributed by atoms with Crippen LogP contribution in [0.3, 0.4) is 0 Å². The van der Waals surface area contributed by atoms with Gasteiger partial charge in [-0.05, 0) is 37.7 Å². The molecule has 134 valence electrons. The second-order valence-electron chi connectivity index (χ2n) is 6.26. The number of rotatable bonds is 2. The van der Waals surface area contributed by atoms with E-state index in [4.69, 9.17) is 0 Å². The number of aromatic nitrogens is 3. The Labute approximate surface area is 160 Å². The maximum absolute atomic E-state index is 4.54. The first-order valence-electron chi connectivity index (χ1n) is 8.05. The number of nitrogens with one attached hydrogen (secondary N) is 1. The van der Waals surface area contributed by atoms with Gasteiger partial charge in [-0.3, -0.25) is 10.1 Å². The lowest BCUT2D eigenvalue weighted by atomic mass is 10.0. The number of hydrogen-bond donors (Lipinski definition) is 1. The summed E-state index contributed by atoms with van der Waals surface area (Å²) in [4.78, 5) is 9.38. The summed E-state index contributed by atoms with van der Waals surface area (Å²) in [5.41, 5.74) is 5.76. The Balaban J connectivity index is 0.00000113. The SMILES string of the molecule is Cc1[nH]ncc1-c1ccc2nccc(N3CCN(C)CC3)c2c1.Cl.Cl. The largest absolute Gasteiger partial charge is 0.368 e. The zero-order chi connectivity index (χ0) is 15.8. The highest BCUT2D eigenvalue weighted by Gasteiger charge is 2.17. The molecule has 0 radical (unpaired) electrons. The molecule has 3 aromatic rings. The summed E-state index contributed by atoms with van der Waals surface area (Å²) in [5.74, 6) is 0. The van der Waals surface area contributed by atoms with Gasteiger partial charge in [-0.25, -0.2) is 0 Å². The van der Waals surface area contributed by atoms with Gasteiger partial charge in [0.2, 0.25) is 0 Å². The first-order valence-corrected chi connectivity index (χ1v) is 8.05. The van der Waals surface area contributed by atoms with E-state index < -0.39 is 0 Å². The fourth-order valence-corrected chi connectivity index (χ4v) is 3.26. The molecule has 7 heteroatoms. The van der Waals surface area contributed by atoms with Crippen LogP contribution in [-0.4, -0.2) is 53.3 Å². The Hall–Kier alpha value is -1.82. The van der Waals surface area contributed by atoms with Crippen molar-refractivity contribution in [2.45, 2.75) is 6.92 Å². The highest BCUT2D eigenvalue weighted by molar-refractivity contribution is 5.94. The van der Waals surface area contributed by atoms with E-state index in [0.29, 0.717) is 0 Å². The predicted molar refractivity (Wildman–Crippen MR) is 108 cm³/mol. The molecular formula is C18H23Cl2N5. The fraction of sp³-hybridized carbons (Fsp3) is 0.333. The number of hydrogen-bond acceptors (Lipinski definition) is 4. The molecular weight excluding hydrogens is 357 g/mol. The van der Waals surface area contributed by atoms with E-state index >= 15 is 0 Å². The first-order chi connectivity index (χ1) is 11.2. The molecule has 1 N–H and O–H groups in total. The van der Waals surface area contributed by atoms with Gasteiger partial charge in [-0.2, -0.15) is 5.10 Å². The van der Waals surface area contributed by atoms with E-state index in [1.165, 1.54) is 16.6 Å². The lowest BCUT2D eigenvalue weighted by Gasteiger charge is -2.34. The molecule has 0 bridgehead atoms. The number of H-pyrrole nitrogens is 1. The van der Waals surface area contributed by atoms with Crippen molar-refractivity contribution in [3.8, 4) is 11.1 Å². The van der Waals surface area contributed by atoms with Crippen LogP contribution in [0.4, 0.5) is 5.69 Å². The average molecular weight is 380 g/mol. The Morgan fingerprint density at radius 3 is 2.48 bits per heavy atom. The minimum absolute atomic E-state index is 0. The van der Waals surface area contributed by atoms with E-state index in [2.05, 4.69) is 63.2 Å². The summed E-state index contributed by atoms with van der Waals surface area (Å²) < 4.78 is 0. The van der Waals surface area contributed by atoms with Crippen molar-refractivity contribution in [1.82, 2.24) is 20.1 Å². The number of anilines is 1. The smallest absolute Gasteiger partial charge is 0.0723 e. The van der Waals surface area contributed by atoms with Gasteiger partial charge in [0.15, 0.2) is 0 Å². The van der Waals surface area contributed by atoms with Gasteiger partial charge in [0.05, 0.1) is 11.7 Å². The molecule has 5 nitrogen and oxygen atoms in total. The minimum Gasteiger partial charge on any atom is -0.368 e. The van der Waals surface area contributed by atoms with Gasteiger partial charge < -0.3 is 9.80 Å².